The highest BCUT2D eigenvalue weighted by molar-refractivity contribution is 5.94. The van der Waals surface area contributed by atoms with Crippen molar-refractivity contribution in [3.63, 3.8) is 0 Å². The summed E-state index contributed by atoms with van der Waals surface area (Å²) in [6.07, 6.45) is -3.74. The largest absolute Gasteiger partial charge is 0.439 e. The van der Waals surface area contributed by atoms with E-state index < -0.39 is 11.7 Å². The molecule has 0 bridgehead atoms. The van der Waals surface area contributed by atoms with Crippen LogP contribution in [0.15, 0.2) is 42.6 Å². The summed E-state index contributed by atoms with van der Waals surface area (Å²) in [7, 11) is 1.62. The summed E-state index contributed by atoms with van der Waals surface area (Å²) in [5.74, 6) is 0.158. The van der Waals surface area contributed by atoms with Crippen LogP contribution in [0, 0.1) is 0 Å². The molecule has 11 heteroatoms. The van der Waals surface area contributed by atoms with Crippen molar-refractivity contribution in [2.24, 2.45) is 0 Å². The number of carbonyl (C=O) groups excluding carboxylic acids is 1. The van der Waals surface area contributed by atoms with Crippen molar-refractivity contribution in [2.75, 3.05) is 33.4 Å². The number of nitrogens with zero attached hydrogens (tertiary/aromatic N) is 1. The van der Waals surface area contributed by atoms with Gasteiger partial charge in [-0.25, -0.2) is 4.98 Å². The van der Waals surface area contributed by atoms with Crippen molar-refractivity contribution in [3.8, 4) is 11.6 Å². The minimum Gasteiger partial charge on any atom is -0.439 e. The molecule has 1 aromatic carbocycles. The third-order valence-corrected chi connectivity index (χ3v) is 3.47. The standard InChI is InChI=1S/C18H20F3N3O3.2ClH/c1-26-11-10-22-8-9-23-17(25)13-2-5-15(6-3-13)27-16-7-4-14(12-24-16)18(19,20)21;;/h2-7,12,22H,8-11H2,1H3,(H,23,25);2*1H. The molecular weight excluding hydrogens is 434 g/mol. The first-order chi connectivity index (χ1) is 12.9. The first-order valence-corrected chi connectivity index (χ1v) is 8.19. The molecule has 0 unspecified atom stereocenters. The van der Waals surface area contributed by atoms with Crippen molar-refractivity contribution in [2.45, 2.75) is 6.18 Å². The van der Waals surface area contributed by atoms with E-state index in [0.29, 0.717) is 43.8 Å². The second-order valence-electron chi connectivity index (χ2n) is 5.51. The van der Waals surface area contributed by atoms with Crippen LogP contribution in [0.25, 0.3) is 0 Å². The Labute approximate surface area is 179 Å². The van der Waals surface area contributed by atoms with E-state index in [0.717, 1.165) is 12.1 Å². The molecule has 1 heterocycles. The number of amides is 1. The maximum Gasteiger partial charge on any atom is 0.417 e. The zero-order valence-corrected chi connectivity index (χ0v) is 17.1. The molecule has 162 valence electrons. The van der Waals surface area contributed by atoms with Crippen LogP contribution in [0.1, 0.15) is 15.9 Å². The predicted octanol–water partition coefficient (Wildman–Crippen LogP) is 3.70. The Kier molecular flexibility index (Phi) is 12.3. The zero-order chi connectivity index (χ0) is 19.7. The maximum atomic E-state index is 12.5. The van der Waals surface area contributed by atoms with Crippen LogP contribution in [0.3, 0.4) is 0 Å². The summed E-state index contributed by atoms with van der Waals surface area (Å²) < 4.78 is 47.8. The number of hydrogen-bond donors (Lipinski definition) is 2. The number of ether oxygens (including phenoxy) is 2. The topological polar surface area (TPSA) is 72.5 Å². The minimum absolute atomic E-state index is 0. The Morgan fingerprint density at radius 3 is 2.28 bits per heavy atom. The van der Waals surface area contributed by atoms with Crippen LogP contribution in [0.4, 0.5) is 13.2 Å². The molecule has 2 aromatic rings. The van der Waals surface area contributed by atoms with Gasteiger partial charge in [-0.15, -0.1) is 24.8 Å². The number of alkyl halides is 3. The van der Waals surface area contributed by atoms with Gasteiger partial charge in [0.15, 0.2) is 0 Å². The Bertz CT molecular complexity index is 730. The smallest absolute Gasteiger partial charge is 0.417 e. The molecule has 0 radical (unpaired) electrons. The summed E-state index contributed by atoms with van der Waals surface area (Å²) in [6.45, 7) is 2.39. The lowest BCUT2D eigenvalue weighted by Gasteiger charge is -2.09. The summed E-state index contributed by atoms with van der Waals surface area (Å²) in [4.78, 5) is 15.6. The molecule has 1 aromatic heterocycles. The molecule has 0 atom stereocenters. The highest BCUT2D eigenvalue weighted by atomic mass is 35.5. The fourth-order valence-corrected chi connectivity index (χ4v) is 2.07. The normalized spacial score (nSPS) is 10.5. The van der Waals surface area contributed by atoms with Crippen LogP contribution < -0.4 is 15.4 Å². The molecule has 2 N–H and O–H groups in total. The lowest BCUT2D eigenvalue weighted by atomic mass is 10.2. The zero-order valence-electron chi connectivity index (χ0n) is 15.5. The van der Waals surface area contributed by atoms with Crippen molar-refractivity contribution < 1.29 is 27.4 Å². The van der Waals surface area contributed by atoms with Crippen molar-refractivity contribution in [3.05, 3.63) is 53.7 Å². The highest BCUT2D eigenvalue weighted by Gasteiger charge is 2.30. The van der Waals surface area contributed by atoms with Crippen LogP contribution in [-0.4, -0.2) is 44.2 Å². The van der Waals surface area contributed by atoms with Gasteiger partial charge in [-0.05, 0) is 30.3 Å². The summed E-state index contributed by atoms with van der Waals surface area (Å²) in [5, 5.41) is 5.87. The molecular formula is C18H22Cl2F3N3O3. The third kappa shape index (κ3) is 9.31. The summed E-state index contributed by atoms with van der Waals surface area (Å²) in [5.41, 5.74) is -0.404. The first kappa shape index (κ1) is 26.9. The van der Waals surface area contributed by atoms with Gasteiger partial charge in [-0.1, -0.05) is 0 Å². The van der Waals surface area contributed by atoms with E-state index in [1.54, 1.807) is 31.4 Å². The molecule has 29 heavy (non-hydrogen) atoms. The van der Waals surface area contributed by atoms with Crippen molar-refractivity contribution >= 4 is 30.7 Å². The van der Waals surface area contributed by atoms with Gasteiger partial charge in [0.1, 0.15) is 5.75 Å². The number of hydrogen-bond acceptors (Lipinski definition) is 5. The van der Waals surface area contributed by atoms with Gasteiger partial charge < -0.3 is 20.1 Å². The number of carbonyl (C=O) groups is 1. The number of nitrogens with one attached hydrogen (secondary N) is 2. The number of pyridine rings is 1. The lowest BCUT2D eigenvalue weighted by Crippen LogP contribution is -2.33. The Hall–Kier alpha value is -2.07. The molecule has 0 spiro atoms. The summed E-state index contributed by atoms with van der Waals surface area (Å²) in [6, 6.07) is 8.25. The average molecular weight is 456 g/mol. The van der Waals surface area contributed by atoms with Crippen molar-refractivity contribution in [1.29, 1.82) is 0 Å². The number of aromatic nitrogens is 1. The van der Waals surface area contributed by atoms with E-state index in [2.05, 4.69) is 15.6 Å². The molecule has 6 nitrogen and oxygen atoms in total. The minimum atomic E-state index is -4.44. The van der Waals surface area contributed by atoms with Crippen LogP contribution in [-0.2, 0) is 10.9 Å². The van der Waals surface area contributed by atoms with E-state index in [1.807, 2.05) is 0 Å². The van der Waals surface area contributed by atoms with E-state index >= 15 is 0 Å². The van der Waals surface area contributed by atoms with Crippen LogP contribution in [0.5, 0.6) is 11.6 Å². The number of methoxy groups -OCH3 is 1. The SMILES string of the molecule is COCCNCCNC(=O)c1ccc(Oc2ccc(C(F)(F)F)cn2)cc1.Cl.Cl. The van der Waals surface area contributed by atoms with Gasteiger partial charge in [-0.2, -0.15) is 13.2 Å². The number of halogens is 5. The first-order valence-electron chi connectivity index (χ1n) is 8.19. The van der Waals surface area contributed by atoms with E-state index in [9.17, 15) is 18.0 Å². The molecule has 0 saturated carbocycles. The van der Waals surface area contributed by atoms with Gasteiger partial charge >= 0.3 is 6.18 Å². The van der Waals surface area contributed by atoms with Crippen LogP contribution in [0.2, 0.25) is 0 Å². The van der Waals surface area contributed by atoms with E-state index in [-0.39, 0.29) is 36.6 Å². The molecule has 2 rings (SSSR count). The molecule has 0 fully saturated rings. The Morgan fingerprint density at radius 2 is 1.72 bits per heavy atom. The third-order valence-electron chi connectivity index (χ3n) is 3.47. The van der Waals surface area contributed by atoms with Crippen LogP contribution >= 0.6 is 24.8 Å². The summed E-state index contributed by atoms with van der Waals surface area (Å²) >= 11 is 0. The average Bonchev–Trinajstić information content (AvgIpc) is 2.65. The fourth-order valence-electron chi connectivity index (χ4n) is 2.07. The van der Waals surface area contributed by atoms with Gasteiger partial charge in [0, 0.05) is 44.6 Å². The molecule has 0 saturated heterocycles. The van der Waals surface area contributed by atoms with Gasteiger partial charge in [-0.3, -0.25) is 4.79 Å². The predicted molar refractivity (Wildman–Crippen MR) is 107 cm³/mol. The number of rotatable bonds is 9. The molecule has 0 aliphatic heterocycles. The molecule has 1 amide bonds. The molecule has 0 aliphatic carbocycles. The van der Waals surface area contributed by atoms with E-state index in [4.69, 9.17) is 9.47 Å². The number of benzene rings is 1. The van der Waals surface area contributed by atoms with E-state index in [1.165, 1.54) is 0 Å². The molecule has 0 aliphatic rings. The highest BCUT2D eigenvalue weighted by Crippen LogP contribution is 2.30. The maximum absolute atomic E-state index is 12.5. The Morgan fingerprint density at radius 1 is 1.03 bits per heavy atom. The monoisotopic (exact) mass is 455 g/mol. The van der Waals surface area contributed by atoms with Gasteiger partial charge in [0.25, 0.3) is 5.91 Å². The van der Waals surface area contributed by atoms with Gasteiger partial charge in [0.2, 0.25) is 5.88 Å². The quantitative estimate of drug-likeness (QED) is 0.564. The second-order valence-corrected chi connectivity index (χ2v) is 5.51. The lowest BCUT2D eigenvalue weighted by molar-refractivity contribution is -0.137. The van der Waals surface area contributed by atoms with Crippen molar-refractivity contribution in [1.82, 2.24) is 15.6 Å². The second kappa shape index (κ2) is 13.2. The Balaban J connectivity index is 0.00000392. The fraction of sp³-hybridized carbons (Fsp3) is 0.333. The van der Waals surface area contributed by atoms with Gasteiger partial charge in [0.05, 0.1) is 12.2 Å².